The highest BCUT2D eigenvalue weighted by molar-refractivity contribution is 5.94. The molecule has 0 aliphatic carbocycles. The SMILES string of the molecule is Cl.N#Cc1cc(-c2ccc(C(=O)NCC[C@H]3CCCN3)cc2)ccc1F. The van der Waals surface area contributed by atoms with E-state index in [1.54, 1.807) is 18.2 Å². The van der Waals surface area contributed by atoms with E-state index < -0.39 is 5.82 Å². The van der Waals surface area contributed by atoms with E-state index in [0.29, 0.717) is 18.2 Å². The number of nitrogens with zero attached hydrogens (tertiary/aromatic N) is 1. The minimum atomic E-state index is -0.529. The van der Waals surface area contributed by atoms with Crippen molar-refractivity contribution in [3.8, 4) is 17.2 Å². The average Bonchev–Trinajstić information content (AvgIpc) is 3.15. The molecule has 1 atom stereocenters. The third-order valence-electron chi connectivity index (χ3n) is 4.51. The van der Waals surface area contributed by atoms with Crippen LogP contribution in [0, 0.1) is 17.1 Å². The van der Waals surface area contributed by atoms with Crippen molar-refractivity contribution in [3.63, 3.8) is 0 Å². The quantitative estimate of drug-likeness (QED) is 0.840. The third kappa shape index (κ3) is 4.81. The highest BCUT2D eigenvalue weighted by Gasteiger charge is 2.14. The van der Waals surface area contributed by atoms with Gasteiger partial charge in [-0.05, 0) is 61.2 Å². The molecule has 2 aromatic carbocycles. The second-order valence-electron chi connectivity index (χ2n) is 6.22. The second kappa shape index (κ2) is 9.33. The molecule has 1 fully saturated rings. The molecule has 1 aliphatic heterocycles. The largest absolute Gasteiger partial charge is 0.352 e. The molecule has 2 aromatic rings. The fourth-order valence-electron chi connectivity index (χ4n) is 3.07. The van der Waals surface area contributed by atoms with Gasteiger partial charge in [0.25, 0.3) is 5.91 Å². The fourth-order valence-corrected chi connectivity index (χ4v) is 3.07. The highest BCUT2D eigenvalue weighted by Crippen LogP contribution is 2.22. The number of benzene rings is 2. The van der Waals surface area contributed by atoms with Crippen LogP contribution in [0.15, 0.2) is 42.5 Å². The summed E-state index contributed by atoms with van der Waals surface area (Å²) in [7, 11) is 0. The molecule has 1 amide bonds. The van der Waals surface area contributed by atoms with Crippen LogP contribution in [0.25, 0.3) is 11.1 Å². The van der Waals surface area contributed by atoms with Gasteiger partial charge in [-0.25, -0.2) is 4.39 Å². The molecule has 1 heterocycles. The smallest absolute Gasteiger partial charge is 0.251 e. The van der Waals surface area contributed by atoms with Crippen molar-refractivity contribution >= 4 is 18.3 Å². The van der Waals surface area contributed by atoms with Crippen molar-refractivity contribution in [3.05, 3.63) is 59.4 Å². The van der Waals surface area contributed by atoms with Crippen LogP contribution in [0.3, 0.4) is 0 Å². The molecule has 6 heteroatoms. The molecule has 4 nitrogen and oxygen atoms in total. The number of amides is 1. The monoisotopic (exact) mass is 373 g/mol. The van der Waals surface area contributed by atoms with Gasteiger partial charge in [0, 0.05) is 18.2 Å². The zero-order chi connectivity index (χ0) is 17.6. The maximum atomic E-state index is 13.4. The van der Waals surface area contributed by atoms with Crippen LogP contribution >= 0.6 is 12.4 Å². The summed E-state index contributed by atoms with van der Waals surface area (Å²) < 4.78 is 13.4. The van der Waals surface area contributed by atoms with Gasteiger partial charge >= 0.3 is 0 Å². The molecule has 3 rings (SSSR count). The van der Waals surface area contributed by atoms with Gasteiger partial charge in [-0.15, -0.1) is 12.4 Å². The van der Waals surface area contributed by atoms with Crippen LogP contribution in [-0.2, 0) is 0 Å². The van der Waals surface area contributed by atoms with Crippen molar-refractivity contribution < 1.29 is 9.18 Å². The van der Waals surface area contributed by atoms with Crippen molar-refractivity contribution in [2.75, 3.05) is 13.1 Å². The number of carbonyl (C=O) groups is 1. The third-order valence-corrected chi connectivity index (χ3v) is 4.51. The Hall–Kier alpha value is -2.42. The van der Waals surface area contributed by atoms with Crippen molar-refractivity contribution in [1.82, 2.24) is 10.6 Å². The van der Waals surface area contributed by atoms with E-state index in [2.05, 4.69) is 10.6 Å². The summed E-state index contributed by atoms with van der Waals surface area (Å²) in [5.74, 6) is -0.625. The Bertz CT molecular complexity index is 796. The van der Waals surface area contributed by atoms with Crippen LogP contribution in [0.1, 0.15) is 35.2 Å². The topological polar surface area (TPSA) is 64.9 Å². The molecule has 26 heavy (non-hydrogen) atoms. The summed E-state index contributed by atoms with van der Waals surface area (Å²) in [6, 6.07) is 13.9. The summed E-state index contributed by atoms with van der Waals surface area (Å²) in [5, 5.41) is 15.3. The van der Waals surface area contributed by atoms with Gasteiger partial charge in [-0.2, -0.15) is 5.26 Å². The normalized spacial score (nSPS) is 15.8. The standard InChI is InChI=1S/C20H20FN3O.ClH/c21-19-8-7-16(12-17(19)13-22)14-3-5-15(6-4-14)20(25)24-11-9-18-2-1-10-23-18;/h3-8,12,18,23H,1-2,9-11H2,(H,24,25);1H/t18-;/m1./s1. The van der Waals surface area contributed by atoms with E-state index >= 15 is 0 Å². The molecule has 2 N–H and O–H groups in total. The number of rotatable bonds is 5. The number of hydrogen-bond acceptors (Lipinski definition) is 3. The van der Waals surface area contributed by atoms with E-state index in [0.717, 1.165) is 24.1 Å². The van der Waals surface area contributed by atoms with Gasteiger partial charge in [0.1, 0.15) is 11.9 Å². The van der Waals surface area contributed by atoms with Crippen LogP contribution in [-0.4, -0.2) is 25.0 Å². The molecule has 0 radical (unpaired) electrons. The Morgan fingerprint density at radius 3 is 2.62 bits per heavy atom. The van der Waals surface area contributed by atoms with E-state index in [9.17, 15) is 9.18 Å². The number of hydrogen-bond donors (Lipinski definition) is 2. The van der Waals surface area contributed by atoms with Crippen molar-refractivity contribution in [1.29, 1.82) is 5.26 Å². The molecule has 0 unspecified atom stereocenters. The van der Waals surface area contributed by atoms with Crippen LogP contribution < -0.4 is 10.6 Å². The van der Waals surface area contributed by atoms with E-state index in [-0.39, 0.29) is 23.9 Å². The minimum absolute atomic E-state index is 0. The van der Waals surface area contributed by atoms with Gasteiger partial charge in [-0.1, -0.05) is 18.2 Å². The average molecular weight is 374 g/mol. The molecule has 1 saturated heterocycles. The van der Waals surface area contributed by atoms with Crippen molar-refractivity contribution in [2.24, 2.45) is 0 Å². The summed E-state index contributed by atoms with van der Waals surface area (Å²) in [6.07, 6.45) is 3.32. The number of carbonyl (C=O) groups excluding carboxylic acids is 1. The Balaban J connectivity index is 0.00000243. The lowest BCUT2D eigenvalue weighted by Crippen LogP contribution is -2.30. The maximum Gasteiger partial charge on any atom is 0.251 e. The molecule has 1 aliphatic rings. The first-order valence-electron chi connectivity index (χ1n) is 8.49. The van der Waals surface area contributed by atoms with Crippen molar-refractivity contribution in [2.45, 2.75) is 25.3 Å². The van der Waals surface area contributed by atoms with Crippen LogP contribution in [0.2, 0.25) is 0 Å². The minimum Gasteiger partial charge on any atom is -0.352 e. The van der Waals surface area contributed by atoms with E-state index in [1.807, 2.05) is 18.2 Å². The first-order valence-corrected chi connectivity index (χ1v) is 8.49. The first-order chi connectivity index (χ1) is 12.2. The van der Waals surface area contributed by atoms with Gasteiger partial charge in [0.05, 0.1) is 5.56 Å². The lowest BCUT2D eigenvalue weighted by Gasteiger charge is -2.11. The van der Waals surface area contributed by atoms with Crippen LogP contribution in [0.4, 0.5) is 4.39 Å². The first kappa shape index (κ1) is 19.9. The zero-order valence-corrected chi connectivity index (χ0v) is 15.1. The fraction of sp³-hybridized carbons (Fsp3) is 0.300. The van der Waals surface area contributed by atoms with Gasteiger partial charge in [0.2, 0.25) is 0 Å². The summed E-state index contributed by atoms with van der Waals surface area (Å²) in [4.78, 5) is 12.2. The second-order valence-corrected chi connectivity index (χ2v) is 6.22. The molecule has 0 bridgehead atoms. The molecule has 0 aromatic heterocycles. The molecule has 0 saturated carbocycles. The van der Waals surface area contributed by atoms with E-state index in [4.69, 9.17) is 5.26 Å². The summed E-state index contributed by atoms with van der Waals surface area (Å²) in [5.41, 5.74) is 2.19. The zero-order valence-electron chi connectivity index (χ0n) is 14.3. The predicted octanol–water partition coefficient (Wildman–Crippen LogP) is 3.66. The Kier molecular flexibility index (Phi) is 7.14. The van der Waals surface area contributed by atoms with E-state index in [1.165, 1.54) is 25.0 Å². The van der Waals surface area contributed by atoms with Gasteiger partial charge < -0.3 is 10.6 Å². The summed E-state index contributed by atoms with van der Waals surface area (Å²) >= 11 is 0. The Morgan fingerprint density at radius 1 is 1.23 bits per heavy atom. The lowest BCUT2D eigenvalue weighted by atomic mass is 10.0. The maximum absolute atomic E-state index is 13.4. The summed E-state index contributed by atoms with van der Waals surface area (Å²) in [6.45, 7) is 1.72. The highest BCUT2D eigenvalue weighted by atomic mass is 35.5. The molecule has 0 spiro atoms. The van der Waals surface area contributed by atoms with Crippen LogP contribution in [0.5, 0.6) is 0 Å². The lowest BCUT2D eigenvalue weighted by molar-refractivity contribution is 0.0952. The Labute approximate surface area is 158 Å². The van der Waals surface area contributed by atoms with Gasteiger partial charge in [-0.3, -0.25) is 4.79 Å². The predicted molar refractivity (Wildman–Crippen MR) is 102 cm³/mol. The molecule has 136 valence electrons. The Morgan fingerprint density at radius 2 is 1.96 bits per heavy atom. The number of nitrogens with one attached hydrogen (secondary N) is 2. The van der Waals surface area contributed by atoms with Gasteiger partial charge in [0.15, 0.2) is 0 Å². The number of halogens is 2. The number of nitriles is 1. The molecular formula is C20H21ClFN3O. The molecular weight excluding hydrogens is 353 g/mol.